The number of rotatable bonds is 3. The van der Waals surface area contributed by atoms with Crippen molar-refractivity contribution in [3.05, 3.63) is 29.8 Å². The summed E-state index contributed by atoms with van der Waals surface area (Å²) in [5, 5.41) is 17.4. The van der Waals surface area contributed by atoms with E-state index < -0.39 is 0 Å². The molecule has 4 aliphatic carbocycles. The standard InChI is InChI=1S/C34H52N2O2/c1-21-11-16-34(36-19-21)22(2)31-30(38-34)18-29-27-10-7-24-17-25(35-20-23-5-8-26(37)9-6-23)12-14-32(24,3)28(27)13-15-33(29,31)4/h5-6,8-9,21-22,24-25,27-31,35-37H,7,10-20H2,1-4H3/t21-,22-,24-,25?,27+,28-,29-,30-,31-,32-,33-,34-/m0/s1. The van der Waals surface area contributed by atoms with Crippen LogP contribution in [0.4, 0.5) is 0 Å². The minimum absolute atomic E-state index is 0.0399. The van der Waals surface area contributed by atoms with E-state index in [2.05, 4.69) is 38.3 Å². The molecule has 38 heavy (non-hydrogen) atoms. The van der Waals surface area contributed by atoms with E-state index in [4.69, 9.17) is 4.74 Å². The van der Waals surface area contributed by atoms with Crippen molar-refractivity contribution in [3.8, 4) is 5.75 Å². The monoisotopic (exact) mass is 520 g/mol. The molecule has 1 aromatic carbocycles. The Morgan fingerprint density at radius 3 is 2.47 bits per heavy atom. The highest BCUT2D eigenvalue weighted by Gasteiger charge is 2.68. The van der Waals surface area contributed by atoms with E-state index in [1.807, 2.05) is 24.3 Å². The highest BCUT2D eigenvalue weighted by Crippen LogP contribution is 2.71. The quantitative estimate of drug-likeness (QED) is 0.407. The zero-order valence-electron chi connectivity index (χ0n) is 24.3. The van der Waals surface area contributed by atoms with Gasteiger partial charge < -0.3 is 15.2 Å². The lowest BCUT2D eigenvalue weighted by molar-refractivity contribution is -0.134. The van der Waals surface area contributed by atoms with Crippen LogP contribution in [0.1, 0.15) is 97.5 Å². The predicted molar refractivity (Wildman–Crippen MR) is 153 cm³/mol. The third-order valence-corrected chi connectivity index (χ3v) is 13.7. The van der Waals surface area contributed by atoms with E-state index in [0.29, 0.717) is 34.6 Å². The van der Waals surface area contributed by atoms with Crippen LogP contribution in [0.5, 0.6) is 5.75 Å². The van der Waals surface area contributed by atoms with E-state index in [1.165, 1.54) is 69.8 Å². The molecule has 6 aliphatic rings. The Kier molecular flexibility index (Phi) is 6.26. The zero-order valence-corrected chi connectivity index (χ0v) is 24.3. The largest absolute Gasteiger partial charge is 0.508 e. The predicted octanol–water partition coefficient (Wildman–Crippen LogP) is 6.87. The highest BCUT2D eigenvalue weighted by molar-refractivity contribution is 5.26. The van der Waals surface area contributed by atoms with Gasteiger partial charge in [-0.2, -0.15) is 0 Å². The molecule has 1 aromatic rings. The number of hydrogen-bond donors (Lipinski definition) is 3. The first-order chi connectivity index (χ1) is 18.2. The van der Waals surface area contributed by atoms with E-state index in [0.717, 1.165) is 48.6 Å². The van der Waals surface area contributed by atoms with Gasteiger partial charge in [-0.15, -0.1) is 0 Å². The smallest absolute Gasteiger partial charge is 0.122 e. The second kappa shape index (κ2) is 9.21. The number of nitrogens with one attached hydrogen (secondary N) is 2. The average molecular weight is 521 g/mol. The maximum atomic E-state index is 9.60. The summed E-state index contributed by atoms with van der Waals surface area (Å²) in [7, 11) is 0. The van der Waals surface area contributed by atoms with Crippen molar-refractivity contribution in [2.24, 2.45) is 52.3 Å². The van der Waals surface area contributed by atoms with Gasteiger partial charge >= 0.3 is 0 Å². The first kappa shape index (κ1) is 25.8. The van der Waals surface area contributed by atoms with Crippen molar-refractivity contribution >= 4 is 0 Å². The molecule has 0 amide bonds. The van der Waals surface area contributed by atoms with Crippen molar-refractivity contribution in [3.63, 3.8) is 0 Å². The maximum Gasteiger partial charge on any atom is 0.122 e. The molecule has 2 heterocycles. The first-order valence-corrected chi connectivity index (χ1v) is 16.2. The molecule has 210 valence electrons. The zero-order chi connectivity index (χ0) is 26.3. The molecule has 6 fully saturated rings. The molecule has 2 aliphatic heterocycles. The van der Waals surface area contributed by atoms with Gasteiger partial charge in [-0.1, -0.05) is 39.8 Å². The molecule has 0 radical (unpaired) electrons. The summed E-state index contributed by atoms with van der Waals surface area (Å²) in [6.45, 7) is 12.4. The fraction of sp³-hybridized carbons (Fsp3) is 0.824. The van der Waals surface area contributed by atoms with Crippen molar-refractivity contribution in [1.82, 2.24) is 10.6 Å². The van der Waals surface area contributed by atoms with Crippen molar-refractivity contribution in [2.75, 3.05) is 6.54 Å². The van der Waals surface area contributed by atoms with Gasteiger partial charge in [-0.3, -0.25) is 5.32 Å². The first-order valence-electron chi connectivity index (χ1n) is 16.2. The third kappa shape index (κ3) is 3.86. The number of benzene rings is 1. The maximum absolute atomic E-state index is 9.60. The molecule has 2 saturated heterocycles. The second-order valence-electron chi connectivity index (χ2n) is 15.3. The van der Waals surface area contributed by atoms with E-state index in [-0.39, 0.29) is 5.72 Å². The Labute approximate surface area is 231 Å². The molecular formula is C34H52N2O2. The normalized spacial score (nSPS) is 51.7. The molecule has 3 N–H and O–H groups in total. The minimum Gasteiger partial charge on any atom is -0.508 e. The van der Waals surface area contributed by atoms with Crippen LogP contribution in [0.2, 0.25) is 0 Å². The van der Waals surface area contributed by atoms with Crippen molar-refractivity contribution in [1.29, 1.82) is 0 Å². The molecule has 12 atom stereocenters. The Morgan fingerprint density at radius 2 is 1.71 bits per heavy atom. The fourth-order valence-electron chi connectivity index (χ4n) is 11.5. The molecule has 4 heteroatoms. The van der Waals surface area contributed by atoms with Crippen LogP contribution in [0.3, 0.4) is 0 Å². The van der Waals surface area contributed by atoms with Crippen LogP contribution < -0.4 is 10.6 Å². The summed E-state index contributed by atoms with van der Waals surface area (Å²) in [6, 6.07) is 8.35. The topological polar surface area (TPSA) is 53.5 Å². The van der Waals surface area contributed by atoms with Gasteiger partial charge in [0, 0.05) is 25.0 Å². The van der Waals surface area contributed by atoms with Crippen molar-refractivity contribution < 1.29 is 9.84 Å². The average Bonchev–Trinajstić information content (AvgIpc) is 3.35. The van der Waals surface area contributed by atoms with Gasteiger partial charge in [0.15, 0.2) is 0 Å². The highest BCUT2D eigenvalue weighted by atomic mass is 16.5. The number of hydrogen-bond acceptors (Lipinski definition) is 4. The Bertz CT molecular complexity index is 1020. The van der Waals surface area contributed by atoms with Gasteiger partial charge in [0.25, 0.3) is 0 Å². The van der Waals surface area contributed by atoms with Gasteiger partial charge in [0.1, 0.15) is 11.5 Å². The van der Waals surface area contributed by atoms with Gasteiger partial charge in [-0.25, -0.2) is 0 Å². The lowest BCUT2D eigenvalue weighted by Gasteiger charge is -2.61. The summed E-state index contributed by atoms with van der Waals surface area (Å²) < 4.78 is 7.09. The van der Waals surface area contributed by atoms with Crippen LogP contribution in [-0.2, 0) is 11.3 Å². The molecule has 7 rings (SSSR count). The summed E-state index contributed by atoms with van der Waals surface area (Å²) in [6.07, 6.45) is 14.1. The number of aromatic hydroxyl groups is 1. The lowest BCUT2D eigenvalue weighted by Crippen LogP contribution is -2.58. The van der Waals surface area contributed by atoms with E-state index >= 15 is 0 Å². The third-order valence-electron chi connectivity index (χ3n) is 13.7. The van der Waals surface area contributed by atoms with Crippen molar-refractivity contribution in [2.45, 2.75) is 116 Å². The summed E-state index contributed by atoms with van der Waals surface area (Å²) in [4.78, 5) is 0. The van der Waals surface area contributed by atoms with E-state index in [1.54, 1.807) is 0 Å². The number of piperidine rings is 1. The van der Waals surface area contributed by atoms with Gasteiger partial charge in [0.05, 0.1) is 6.10 Å². The van der Waals surface area contributed by atoms with Crippen LogP contribution in [0, 0.1) is 52.3 Å². The molecule has 1 spiro atoms. The molecular weight excluding hydrogens is 468 g/mol. The number of fused-ring (bicyclic) bond motifs is 7. The Balaban J connectivity index is 1.03. The lowest BCUT2D eigenvalue weighted by atomic mass is 9.44. The fourth-order valence-corrected chi connectivity index (χ4v) is 11.5. The van der Waals surface area contributed by atoms with Gasteiger partial charge in [0.2, 0.25) is 0 Å². The summed E-state index contributed by atoms with van der Waals surface area (Å²) in [5.41, 5.74) is 2.22. The van der Waals surface area contributed by atoms with Crippen LogP contribution >= 0.6 is 0 Å². The van der Waals surface area contributed by atoms with Gasteiger partial charge in [-0.05, 0) is 128 Å². The van der Waals surface area contributed by atoms with E-state index in [9.17, 15) is 5.11 Å². The minimum atomic E-state index is -0.0399. The second-order valence-corrected chi connectivity index (χ2v) is 15.3. The number of phenols is 1. The van der Waals surface area contributed by atoms with Crippen LogP contribution in [0.25, 0.3) is 0 Å². The molecule has 0 bridgehead atoms. The van der Waals surface area contributed by atoms with Crippen LogP contribution in [0.15, 0.2) is 24.3 Å². The number of ether oxygens (including phenoxy) is 1. The molecule has 0 aromatic heterocycles. The summed E-state index contributed by atoms with van der Waals surface area (Å²) in [5.74, 6) is 6.06. The molecule has 4 nitrogen and oxygen atoms in total. The Morgan fingerprint density at radius 1 is 0.921 bits per heavy atom. The molecule has 1 unspecified atom stereocenters. The number of phenolic OH excluding ortho intramolecular Hbond substituents is 1. The molecule has 4 saturated carbocycles. The van der Waals surface area contributed by atoms with Crippen LogP contribution in [-0.4, -0.2) is 29.5 Å². The SMILES string of the molecule is C[C@H]1CC[C@]2(NC1)O[C@H]1C[C@H]3[C@@H]4CC[C@H]5CC(NCc6ccc(O)cc6)CC[C@]5(C)[C@H]4CC[C@]3(C)[C@H]1[C@@H]2C. The summed E-state index contributed by atoms with van der Waals surface area (Å²) >= 11 is 0. The Hall–Kier alpha value is -1.10.